The van der Waals surface area contributed by atoms with Crippen LogP contribution in [-0.4, -0.2) is 15.7 Å². The van der Waals surface area contributed by atoms with Gasteiger partial charge in [-0.1, -0.05) is 0 Å². The van der Waals surface area contributed by atoms with E-state index >= 15 is 0 Å². The Morgan fingerprint density at radius 3 is 2.50 bits per heavy atom. The molecule has 0 aliphatic heterocycles. The zero-order valence-electron chi connectivity index (χ0n) is 11.1. The van der Waals surface area contributed by atoms with Gasteiger partial charge >= 0.3 is 0 Å². The summed E-state index contributed by atoms with van der Waals surface area (Å²) in [5.41, 5.74) is 9.56. The molecule has 0 unspecified atom stereocenters. The molecule has 2 rings (SSSR count). The van der Waals surface area contributed by atoms with Gasteiger partial charge in [0.1, 0.15) is 5.76 Å². The molecule has 0 bridgehead atoms. The van der Waals surface area contributed by atoms with Crippen molar-refractivity contribution in [1.82, 2.24) is 9.78 Å². The van der Waals surface area contributed by atoms with Gasteiger partial charge in [-0.15, -0.1) is 0 Å². The molecule has 5 nitrogen and oxygen atoms in total. The zero-order chi connectivity index (χ0) is 13.4. The minimum atomic E-state index is -0.168. The van der Waals surface area contributed by atoms with E-state index in [9.17, 15) is 4.79 Å². The van der Waals surface area contributed by atoms with E-state index in [2.05, 4.69) is 5.10 Å². The molecule has 0 atom stereocenters. The summed E-state index contributed by atoms with van der Waals surface area (Å²) < 4.78 is 6.66. The van der Waals surface area contributed by atoms with Crippen LogP contribution in [0.3, 0.4) is 0 Å². The van der Waals surface area contributed by atoms with Crippen LogP contribution >= 0.6 is 0 Å². The molecule has 2 aromatic heterocycles. The Kier molecular flexibility index (Phi) is 3.09. The second kappa shape index (κ2) is 4.42. The molecule has 0 spiro atoms. The zero-order valence-corrected chi connectivity index (χ0v) is 11.1. The minimum Gasteiger partial charge on any atom is -0.469 e. The van der Waals surface area contributed by atoms with Crippen molar-refractivity contribution in [1.29, 1.82) is 0 Å². The number of carbonyl (C=O) groups is 1. The lowest BCUT2D eigenvalue weighted by molar-refractivity contribution is 0.0940. The predicted octanol–water partition coefficient (Wildman–Crippen LogP) is 1.86. The number of carbonyl (C=O) groups excluding carboxylic acids is 1. The molecular formula is C13H17N3O2. The van der Waals surface area contributed by atoms with Gasteiger partial charge in [0.05, 0.1) is 17.5 Å². The molecule has 18 heavy (non-hydrogen) atoms. The molecule has 2 aromatic rings. The Bertz CT molecular complexity index is 589. The van der Waals surface area contributed by atoms with Crippen LogP contribution in [0.2, 0.25) is 0 Å². The second-order valence-corrected chi connectivity index (χ2v) is 4.42. The van der Waals surface area contributed by atoms with Crippen LogP contribution in [-0.2, 0) is 6.54 Å². The minimum absolute atomic E-state index is 0.168. The topological polar surface area (TPSA) is 74.0 Å². The number of aryl methyl sites for hydroxylation is 3. The van der Waals surface area contributed by atoms with Crippen LogP contribution < -0.4 is 5.73 Å². The molecule has 0 saturated carbocycles. The highest BCUT2D eigenvalue weighted by Gasteiger charge is 2.21. The van der Waals surface area contributed by atoms with Gasteiger partial charge in [-0.2, -0.15) is 5.10 Å². The van der Waals surface area contributed by atoms with Crippen molar-refractivity contribution in [3.8, 4) is 0 Å². The Morgan fingerprint density at radius 2 is 2.06 bits per heavy atom. The largest absolute Gasteiger partial charge is 0.469 e. The van der Waals surface area contributed by atoms with E-state index in [-0.39, 0.29) is 5.91 Å². The fourth-order valence-corrected chi connectivity index (χ4v) is 2.17. The van der Waals surface area contributed by atoms with Crippen molar-refractivity contribution < 1.29 is 9.21 Å². The molecule has 0 saturated heterocycles. The van der Waals surface area contributed by atoms with Crippen LogP contribution in [0.1, 0.15) is 38.6 Å². The summed E-state index contributed by atoms with van der Waals surface area (Å²) in [6.07, 6.45) is 1.58. The van der Waals surface area contributed by atoms with E-state index in [1.807, 2.05) is 20.8 Å². The van der Waals surface area contributed by atoms with Crippen molar-refractivity contribution in [3.63, 3.8) is 0 Å². The van der Waals surface area contributed by atoms with Crippen molar-refractivity contribution in [3.05, 3.63) is 40.1 Å². The molecule has 2 heterocycles. The smallest absolute Gasteiger partial charge is 0.282 e. The Morgan fingerprint density at radius 1 is 1.39 bits per heavy atom. The van der Waals surface area contributed by atoms with Gasteiger partial charge in [-0.05, 0) is 27.7 Å². The van der Waals surface area contributed by atoms with Gasteiger partial charge in [-0.3, -0.25) is 4.79 Å². The number of hydrogen-bond donors (Lipinski definition) is 1. The molecule has 2 N–H and O–H groups in total. The first-order valence-electron chi connectivity index (χ1n) is 5.82. The van der Waals surface area contributed by atoms with Gasteiger partial charge in [0, 0.05) is 23.4 Å². The summed E-state index contributed by atoms with van der Waals surface area (Å²) in [6.45, 7) is 7.71. The SMILES string of the molecule is Cc1coc(C)c1C(=O)n1nc(C)c(CN)c1C. The van der Waals surface area contributed by atoms with Crippen LogP contribution in [0.5, 0.6) is 0 Å². The van der Waals surface area contributed by atoms with E-state index < -0.39 is 0 Å². The third-order valence-corrected chi connectivity index (χ3v) is 3.21. The quantitative estimate of drug-likeness (QED) is 0.879. The van der Waals surface area contributed by atoms with Crippen molar-refractivity contribution in [2.75, 3.05) is 0 Å². The Labute approximate surface area is 106 Å². The fraction of sp³-hybridized carbons (Fsp3) is 0.385. The summed E-state index contributed by atoms with van der Waals surface area (Å²) in [7, 11) is 0. The molecule has 0 fully saturated rings. The van der Waals surface area contributed by atoms with Crippen molar-refractivity contribution in [2.45, 2.75) is 34.2 Å². The van der Waals surface area contributed by atoms with E-state index in [0.29, 0.717) is 17.9 Å². The molecule has 0 aliphatic rings. The molecule has 0 radical (unpaired) electrons. The van der Waals surface area contributed by atoms with Gasteiger partial charge in [0.25, 0.3) is 5.91 Å². The molecule has 0 amide bonds. The van der Waals surface area contributed by atoms with Gasteiger partial charge in [0.15, 0.2) is 0 Å². The fourth-order valence-electron chi connectivity index (χ4n) is 2.17. The van der Waals surface area contributed by atoms with Crippen LogP contribution in [0, 0.1) is 27.7 Å². The lowest BCUT2D eigenvalue weighted by Gasteiger charge is -2.03. The third-order valence-electron chi connectivity index (χ3n) is 3.21. The first-order chi connectivity index (χ1) is 8.47. The number of nitrogens with zero attached hydrogens (tertiary/aromatic N) is 2. The van der Waals surface area contributed by atoms with Crippen molar-refractivity contribution in [2.24, 2.45) is 5.73 Å². The standard InChI is InChI=1S/C13H17N3O2/c1-7-6-18-10(4)12(7)13(17)16-9(3)11(5-14)8(2)15-16/h6H,5,14H2,1-4H3. The lowest BCUT2D eigenvalue weighted by Crippen LogP contribution is -2.17. The highest BCUT2D eigenvalue weighted by atomic mass is 16.3. The van der Waals surface area contributed by atoms with Gasteiger partial charge < -0.3 is 10.2 Å². The Hall–Kier alpha value is -1.88. The highest BCUT2D eigenvalue weighted by molar-refractivity contribution is 5.98. The molecular weight excluding hydrogens is 230 g/mol. The average Bonchev–Trinajstić information content (AvgIpc) is 2.79. The maximum Gasteiger partial charge on any atom is 0.282 e. The summed E-state index contributed by atoms with van der Waals surface area (Å²) in [5.74, 6) is 0.443. The van der Waals surface area contributed by atoms with E-state index in [4.69, 9.17) is 10.2 Å². The van der Waals surface area contributed by atoms with Gasteiger partial charge in [-0.25, -0.2) is 4.68 Å². The number of aromatic nitrogens is 2. The highest BCUT2D eigenvalue weighted by Crippen LogP contribution is 2.19. The number of furan rings is 1. The van der Waals surface area contributed by atoms with Crippen LogP contribution in [0.25, 0.3) is 0 Å². The van der Waals surface area contributed by atoms with Crippen molar-refractivity contribution >= 4 is 5.91 Å². The molecule has 0 aliphatic carbocycles. The summed E-state index contributed by atoms with van der Waals surface area (Å²) >= 11 is 0. The van der Waals surface area contributed by atoms with E-state index in [0.717, 1.165) is 22.5 Å². The first kappa shape index (κ1) is 12.6. The van der Waals surface area contributed by atoms with Crippen LogP contribution in [0.4, 0.5) is 0 Å². The normalized spacial score (nSPS) is 10.9. The summed E-state index contributed by atoms with van der Waals surface area (Å²) in [5, 5.41) is 4.26. The molecule has 0 aromatic carbocycles. The number of hydrogen-bond acceptors (Lipinski definition) is 4. The molecule has 96 valence electrons. The third kappa shape index (κ3) is 1.76. The summed E-state index contributed by atoms with van der Waals surface area (Å²) in [4.78, 5) is 12.5. The maximum absolute atomic E-state index is 12.5. The lowest BCUT2D eigenvalue weighted by atomic mass is 10.1. The number of nitrogens with two attached hydrogens (primary N) is 1. The number of rotatable bonds is 2. The molecule has 5 heteroatoms. The maximum atomic E-state index is 12.5. The van der Waals surface area contributed by atoms with Crippen LogP contribution in [0.15, 0.2) is 10.7 Å². The van der Waals surface area contributed by atoms with Gasteiger partial charge in [0.2, 0.25) is 0 Å². The van der Waals surface area contributed by atoms with E-state index in [1.54, 1.807) is 13.2 Å². The predicted molar refractivity (Wildman–Crippen MR) is 67.5 cm³/mol. The van der Waals surface area contributed by atoms with E-state index in [1.165, 1.54) is 4.68 Å². The monoisotopic (exact) mass is 247 g/mol. The second-order valence-electron chi connectivity index (χ2n) is 4.42. The summed E-state index contributed by atoms with van der Waals surface area (Å²) in [6, 6.07) is 0. The first-order valence-corrected chi connectivity index (χ1v) is 5.82. The average molecular weight is 247 g/mol. The Balaban J connectivity index is 2.54.